The number of halogens is 2. The molecule has 1 unspecified atom stereocenters. The van der Waals surface area contributed by atoms with Crippen molar-refractivity contribution < 1.29 is 4.79 Å². The van der Waals surface area contributed by atoms with Gasteiger partial charge in [-0.3, -0.25) is 9.78 Å². The lowest BCUT2D eigenvalue weighted by Gasteiger charge is -2.32. The molecule has 0 spiro atoms. The average Bonchev–Trinajstić information content (AvgIpc) is 2.73. The molecule has 1 aliphatic carbocycles. The minimum Gasteiger partial charge on any atom is -0.393 e. The Kier molecular flexibility index (Phi) is 5.40. The normalized spacial score (nSPS) is 17.9. The summed E-state index contributed by atoms with van der Waals surface area (Å²) < 4.78 is 0.768. The quantitative estimate of drug-likeness (QED) is 0.559. The van der Waals surface area contributed by atoms with E-state index in [0.717, 1.165) is 33.9 Å². The summed E-state index contributed by atoms with van der Waals surface area (Å²) in [5, 5.41) is 3.87. The highest BCUT2D eigenvalue weighted by Crippen LogP contribution is 2.42. The van der Waals surface area contributed by atoms with Gasteiger partial charge >= 0.3 is 11.7 Å². The van der Waals surface area contributed by atoms with Crippen molar-refractivity contribution in [2.45, 2.75) is 24.8 Å². The second-order valence-corrected chi connectivity index (χ2v) is 7.96. The van der Waals surface area contributed by atoms with Crippen molar-refractivity contribution in [1.29, 1.82) is 0 Å². The van der Waals surface area contributed by atoms with Crippen LogP contribution in [-0.2, 0) is 0 Å². The molecule has 4 rings (SSSR count). The van der Waals surface area contributed by atoms with Crippen molar-refractivity contribution in [3.8, 4) is 0 Å². The van der Waals surface area contributed by atoms with Crippen LogP contribution in [0.25, 0.3) is 0 Å². The van der Waals surface area contributed by atoms with Gasteiger partial charge in [0, 0.05) is 12.1 Å². The fourth-order valence-electron chi connectivity index (χ4n) is 3.87. The highest BCUT2D eigenvalue weighted by molar-refractivity contribution is 6.42. The van der Waals surface area contributed by atoms with Gasteiger partial charge in [0.25, 0.3) is 5.56 Å². The number of rotatable bonds is 2. The molecule has 0 radical (unpaired) electrons. The first-order valence-electron chi connectivity index (χ1n) is 9.31. The van der Waals surface area contributed by atoms with Crippen LogP contribution in [0.1, 0.15) is 41.5 Å². The number of carbonyl (C=O) groups is 1. The van der Waals surface area contributed by atoms with E-state index >= 15 is 0 Å². The molecular weight excluding hydrogens is 427 g/mol. The molecule has 0 aliphatic heterocycles. The highest BCUT2D eigenvalue weighted by atomic mass is 35.5. The molecule has 1 amide bonds. The number of anilines is 1. The maximum absolute atomic E-state index is 12.7. The molecule has 0 saturated heterocycles. The van der Waals surface area contributed by atoms with Crippen LogP contribution in [0.15, 0.2) is 58.3 Å². The maximum Gasteiger partial charge on any atom is 0.336 e. The van der Waals surface area contributed by atoms with Crippen LogP contribution in [0.5, 0.6) is 0 Å². The Morgan fingerprint density at radius 1 is 1.07 bits per heavy atom. The molecule has 1 aliphatic rings. The number of nitrogens with two attached hydrogens (primary N) is 1. The SMILES string of the molecule is Nc1cn(C(=O)N[C@@H]2CCC(c3ccc(Cl)c(Cl)c3)c3ccccc32)c(=O)[nH]c1=O. The van der Waals surface area contributed by atoms with E-state index in [-0.39, 0.29) is 17.6 Å². The van der Waals surface area contributed by atoms with Crippen LogP contribution in [0.3, 0.4) is 0 Å². The van der Waals surface area contributed by atoms with Crippen molar-refractivity contribution in [1.82, 2.24) is 14.9 Å². The minimum absolute atomic E-state index is 0.107. The van der Waals surface area contributed by atoms with Gasteiger partial charge in [-0.25, -0.2) is 14.2 Å². The van der Waals surface area contributed by atoms with E-state index in [1.54, 1.807) is 6.07 Å². The topological polar surface area (TPSA) is 110 Å². The number of aromatic amines is 1. The van der Waals surface area contributed by atoms with Gasteiger partial charge in [-0.1, -0.05) is 53.5 Å². The second-order valence-electron chi connectivity index (χ2n) is 7.15. The number of nitrogens with zero attached hydrogens (tertiary/aromatic N) is 1. The first-order chi connectivity index (χ1) is 14.3. The predicted octanol–water partition coefficient (Wildman–Crippen LogP) is 3.65. The number of amides is 1. The summed E-state index contributed by atoms with van der Waals surface area (Å²) in [6.45, 7) is 0. The number of hydrogen-bond donors (Lipinski definition) is 3. The number of nitrogen functional groups attached to an aromatic ring is 1. The number of hydrogen-bond acceptors (Lipinski definition) is 4. The summed E-state index contributed by atoms with van der Waals surface area (Å²) >= 11 is 12.3. The fourth-order valence-corrected chi connectivity index (χ4v) is 4.18. The zero-order valence-electron chi connectivity index (χ0n) is 15.7. The lowest BCUT2D eigenvalue weighted by molar-refractivity contribution is 0.235. The van der Waals surface area contributed by atoms with Gasteiger partial charge in [-0.05, 0) is 41.7 Å². The summed E-state index contributed by atoms with van der Waals surface area (Å²) in [4.78, 5) is 38.1. The Labute approximate surface area is 181 Å². The number of H-pyrrole nitrogens is 1. The van der Waals surface area contributed by atoms with E-state index in [1.807, 2.05) is 41.4 Å². The molecule has 9 heteroatoms. The predicted molar refractivity (Wildman–Crippen MR) is 116 cm³/mol. The van der Waals surface area contributed by atoms with Crippen LogP contribution in [0.2, 0.25) is 10.0 Å². The van der Waals surface area contributed by atoms with E-state index < -0.39 is 17.3 Å². The first kappa shape index (κ1) is 20.3. The number of nitrogens with one attached hydrogen (secondary N) is 2. The maximum atomic E-state index is 12.7. The molecular formula is C21H18Cl2N4O3. The van der Waals surface area contributed by atoms with Crippen LogP contribution in [-0.4, -0.2) is 15.6 Å². The van der Waals surface area contributed by atoms with E-state index in [2.05, 4.69) is 5.32 Å². The Hall–Kier alpha value is -3.03. The molecule has 2 atom stereocenters. The van der Waals surface area contributed by atoms with Gasteiger partial charge in [0.2, 0.25) is 0 Å². The summed E-state index contributed by atoms with van der Waals surface area (Å²) in [7, 11) is 0. The fraction of sp³-hybridized carbons (Fsp3) is 0.190. The lowest BCUT2D eigenvalue weighted by Crippen LogP contribution is -2.42. The monoisotopic (exact) mass is 444 g/mol. The van der Waals surface area contributed by atoms with Crippen LogP contribution < -0.4 is 22.3 Å². The van der Waals surface area contributed by atoms with Crippen LogP contribution >= 0.6 is 23.2 Å². The van der Waals surface area contributed by atoms with Gasteiger partial charge in [0.15, 0.2) is 0 Å². The first-order valence-corrected chi connectivity index (χ1v) is 10.1. The molecule has 154 valence electrons. The number of carbonyl (C=O) groups excluding carboxylic acids is 1. The van der Waals surface area contributed by atoms with Crippen LogP contribution in [0.4, 0.5) is 10.5 Å². The molecule has 0 saturated carbocycles. The molecule has 1 heterocycles. The van der Waals surface area contributed by atoms with Gasteiger partial charge in [0.05, 0.1) is 16.1 Å². The number of fused-ring (bicyclic) bond motifs is 1. The van der Waals surface area contributed by atoms with Crippen molar-refractivity contribution in [2.24, 2.45) is 0 Å². The third-order valence-electron chi connectivity index (χ3n) is 5.32. The molecule has 0 bridgehead atoms. The van der Waals surface area contributed by atoms with Crippen molar-refractivity contribution in [3.05, 3.63) is 96.2 Å². The molecule has 30 heavy (non-hydrogen) atoms. The number of benzene rings is 2. The zero-order valence-corrected chi connectivity index (χ0v) is 17.2. The lowest BCUT2D eigenvalue weighted by atomic mass is 9.77. The van der Waals surface area contributed by atoms with E-state index in [0.29, 0.717) is 16.5 Å². The summed E-state index contributed by atoms with van der Waals surface area (Å²) in [6.07, 6.45) is 2.45. The Bertz CT molecular complexity index is 1250. The van der Waals surface area contributed by atoms with Gasteiger partial charge in [-0.15, -0.1) is 0 Å². The summed E-state index contributed by atoms with van der Waals surface area (Å²) in [5.41, 5.74) is 6.83. The Morgan fingerprint density at radius 3 is 2.53 bits per heavy atom. The molecule has 3 aromatic rings. The largest absolute Gasteiger partial charge is 0.393 e. The Morgan fingerprint density at radius 2 is 1.80 bits per heavy atom. The van der Waals surface area contributed by atoms with Crippen LogP contribution in [0, 0.1) is 0 Å². The summed E-state index contributed by atoms with van der Waals surface area (Å²) in [6, 6.07) is 12.5. The molecule has 1 aromatic heterocycles. The van der Waals surface area contributed by atoms with Gasteiger partial charge in [-0.2, -0.15) is 0 Å². The standard InChI is InChI=1S/C21H18Cl2N4O3/c22-15-7-5-11(9-16(15)23)12-6-8-18(14-4-2-1-3-13(12)14)25-20(29)27-10-17(24)19(28)26-21(27)30/h1-5,7,9-10,12,18H,6,8,24H2,(H,25,29)(H,26,28,30)/t12?,18-/m1/s1. The van der Waals surface area contributed by atoms with Crippen molar-refractivity contribution in [3.63, 3.8) is 0 Å². The Balaban J connectivity index is 1.65. The van der Waals surface area contributed by atoms with E-state index in [9.17, 15) is 14.4 Å². The number of aromatic nitrogens is 2. The second kappa shape index (κ2) is 8.01. The van der Waals surface area contributed by atoms with Crippen molar-refractivity contribution >= 4 is 34.9 Å². The molecule has 7 nitrogen and oxygen atoms in total. The third-order valence-corrected chi connectivity index (χ3v) is 6.06. The van der Waals surface area contributed by atoms with Gasteiger partial charge in [0.1, 0.15) is 5.69 Å². The zero-order chi connectivity index (χ0) is 21.4. The van der Waals surface area contributed by atoms with E-state index in [4.69, 9.17) is 28.9 Å². The minimum atomic E-state index is -0.843. The average molecular weight is 445 g/mol. The van der Waals surface area contributed by atoms with E-state index in [1.165, 1.54) is 0 Å². The smallest absolute Gasteiger partial charge is 0.336 e. The summed E-state index contributed by atoms with van der Waals surface area (Å²) in [5.74, 6) is 0.107. The molecule has 2 aromatic carbocycles. The van der Waals surface area contributed by atoms with Gasteiger partial charge < -0.3 is 11.1 Å². The molecule has 0 fully saturated rings. The van der Waals surface area contributed by atoms with Crippen molar-refractivity contribution in [2.75, 3.05) is 5.73 Å². The molecule has 4 N–H and O–H groups in total. The third kappa shape index (κ3) is 3.74. The highest BCUT2D eigenvalue weighted by Gasteiger charge is 2.29.